The molecule has 2 heterocycles. The van der Waals surface area contributed by atoms with Crippen molar-refractivity contribution in [3.8, 4) is 0 Å². The first-order valence-corrected chi connectivity index (χ1v) is 6.23. The van der Waals surface area contributed by atoms with Gasteiger partial charge in [-0.25, -0.2) is 0 Å². The van der Waals surface area contributed by atoms with Crippen LogP contribution in [0.1, 0.15) is 37.9 Å². The summed E-state index contributed by atoms with van der Waals surface area (Å²) in [6.45, 7) is 4.40. The quantitative estimate of drug-likeness (QED) is 0.826. The zero-order chi connectivity index (χ0) is 11.4. The van der Waals surface area contributed by atoms with Crippen LogP contribution >= 0.6 is 0 Å². The monoisotopic (exact) mass is 219 g/mol. The Morgan fingerprint density at radius 2 is 2.31 bits per heavy atom. The first kappa shape index (κ1) is 11.6. The molecule has 2 rings (SSSR count). The van der Waals surface area contributed by atoms with Crippen LogP contribution in [0.25, 0.3) is 0 Å². The number of likely N-dealkylation sites (N-methyl/N-ethyl adjacent to an activating group) is 1. The summed E-state index contributed by atoms with van der Waals surface area (Å²) < 4.78 is 0. The summed E-state index contributed by atoms with van der Waals surface area (Å²) in [5.41, 5.74) is 7.42. The van der Waals surface area contributed by atoms with Crippen molar-refractivity contribution in [2.45, 2.75) is 38.3 Å². The zero-order valence-electron chi connectivity index (χ0n) is 9.97. The third-order valence-electron chi connectivity index (χ3n) is 3.43. The molecule has 16 heavy (non-hydrogen) atoms. The Labute approximate surface area is 97.7 Å². The minimum Gasteiger partial charge on any atom is -0.326 e. The van der Waals surface area contributed by atoms with Gasteiger partial charge in [0.2, 0.25) is 0 Å². The van der Waals surface area contributed by atoms with Crippen molar-refractivity contribution in [3.63, 3.8) is 0 Å². The maximum Gasteiger partial charge on any atom is 0.0673 e. The first-order valence-electron chi connectivity index (χ1n) is 6.23. The summed E-state index contributed by atoms with van der Waals surface area (Å²) in [6.07, 6.45) is 5.46. The average Bonchev–Trinajstić information content (AvgIpc) is 2.51. The van der Waals surface area contributed by atoms with Crippen molar-refractivity contribution in [1.29, 1.82) is 0 Å². The normalized spacial score (nSPS) is 27.6. The van der Waals surface area contributed by atoms with Crippen molar-refractivity contribution in [2.24, 2.45) is 5.73 Å². The van der Waals surface area contributed by atoms with Crippen molar-refractivity contribution in [3.05, 3.63) is 30.1 Å². The van der Waals surface area contributed by atoms with E-state index in [1.165, 1.54) is 12.8 Å². The lowest BCUT2D eigenvalue weighted by Crippen LogP contribution is -2.40. The molecular weight excluding hydrogens is 198 g/mol. The number of rotatable bonds is 2. The van der Waals surface area contributed by atoms with Crippen LogP contribution in [0, 0.1) is 0 Å². The van der Waals surface area contributed by atoms with Gasteiger partial charge in [0.15, 0.2) is 0 Å². The molecule has 2 unspecified atom stereocenters. The Bertz CT molecular complexity index is 312. The lowest BCUT2D eigenvalue weighted by atomic mass is 10.0. The summed E-state index contributed by atoms with van der Waals surface area (Å²) in [6, 6.07) is 6.62. The molecule has 0 amide bonds. The number of aromatic nitrogens is 1. The summed E-state index contributed by atoms with van der Waals surface area (Å²) in [5.74, 6) is 0. The lowest BCUT2D eigenvalue weighted by Gasteiger charge is -2.31. The maximum atomic E-state index is 6.30. The van der Waals surface area contributed by atoms with Crippen LogP contribution in [0.2, 0.25) is 0 Å². The van der Waals surface area contributed by atoms with E-state index in [0.29, 0.717) is 6.04 Å². The molecule has 88 valence electrons. The van der Waals surface area contributed by atoms with Gasteiger partial charge in [0, 0.05) is 12.2 Å². The van der Waals surface area contributed by atoms with Gasteiger partial charge in [-0.3, -0.25) is 9.88 Å². The first-order chi connectivity index (χ1) is 7.83. The third-order valence-corrected chi connectivity index (χ3v) is 3.43. The molecule has 0 radical (unpaired) electrons. The average molecular weight is 219 g/mol. The van der Waals surface area contributed by atoms with E-state index in [0.717, 1.165) is 25.2 Å². The fourth-order valence-electron chi connectivity index (χ4n) is 2.57. The van der Waals surface area contributed by atoms with Crippen molar-refractivity contribution < 1.29 is 0 Å². The van der Waals surface area contributed by atoms with Crippen LogP contribution in [0.15, 0.2) is 24.4 Å². The van der Waals surface area contributed by atoms with E-state index in [-0.39, 0.29) is 6.04 Å². The van der Waals surface area contributed by atoms with Gasteiger partial charge in [-0.05, 0) is 38.1 Å². The van der Waals surface area contributed by atoms with Gasteiger partial charge in [-0.1, -0.05) is 19.4 Å². The van der Waals surface area contributed by atoms with Crippen LogP contribution in [0.4, 0.5) is 0 Å². The maximum absolute atomic E-state index is 6.30. The second kappa shape index (κ2) is 5.41. The van der Waals surface area contributed by atoms with E-state index in [4.69, 9.17) is 5.73 Å². The summed E-state index contributed by atoms with van der Waals surface area (Å²) in [4.78, 5) is 6.93. The molecule has 3 nitrogen and oxygen atoms in total. The van der Waals surface area contributed by atoms with Gasteiger partial charge in [0.05, 0.1) is 11.7 Å². The molecule has 1 aromatic rings. The molecule has 1 saturated heterocycles. The van der Waals surface area contributed by atoms with E-state index < -0.39 is 0 Å². The van der Waals surface area contributed by atoms with E-state index in [9.17, 15) is 0 Å². The number of pyridine rings is 1. The molecule has 0 bridgehead atoms. The van der Waals surface area contributed by atoms with Crippen LogP contribution in [-0.4, -0.2) is 29.0 Å². The molecule has 1 fully saturated rings. The number of likely N-dealkylation sites (tertiary alicyclic amines) is 1. The van der Waals surface area contributed by atoms with Crippen LogP contribution in [-0.2, 0) is 0 Å². The van der Waals surface area contributed by atoms with Gasteiger partial charge >= 0.3 is 0 Å². The van der Waals surface area contributed by atoms with Gasteiger partial charge < -0.3 is 5.73 Å². The topological polar surface area (TPSA) is 42.1 Å². The Hall–Kier alpha value is -0.930. The third kappa shape index (κ3) is 2.42. The SMILES string of the molecule is CCN1CCCCC(N)C1c1ccccn1. The highest BCUT2D eigenvalue weighted by Crippen LogP contribution is 2.27. The van der Waals surface area contributed by atoms with Crippen molar-refractivity contribution >= 4 is 0 Å². The number of hydrogen-bond acceptors (Lipinski definition) is 3. The standard InChI is InChI=1S/C13H21N3/c1-2-16-10-6-4-7-11(14)13(16)12-8-3-5-9-15-12/h3,5,8-9,11,13H,2,4,6-7,10,14H2,1H3. The Morgan fingerprint density at radius 3 is 3.00 bits per heavy atom. The molecular formula is C13H21N3. The number of nitrogens with two attached hydrogens (primary N) is 1. The largest absolute Gasteiger partial charge is 0.326 e. The predicted octanol–water partition coefficient (Wildman–Crippen LogP) is 1.96. The fraction of sp³-hybridized carbons (Fsp3) is 0.615. The van der Waals surface area contributed by atoms with E-state index >= 15 is 0 Å². The Kier molecular flexibility index (Phi) is 3.91. The molecule has 0 aliphatic carbocycles. The molecule has 1 aromatic heterocycles. The molecule has 0 spiro atoms. The summed E-state index contributed by atoms with van der Waals surface area (Å²) in [5, 5.41) is 0. The van der Waals surface area contributed by atoms with Crippen molar-refractivity contribution in [1.82, 2.24) is 9.88 Å². The van der Waals surface area contributed by atoms with E-state index in [2.05, 4.69) is 22.9 Å². The fourth-order valence-corrected chi connectivity index (χ4v) is 2.57. The number of nitrogens with zero attached hydrogens (tertiary/aromatic N) is 2. The van der Waals surface area contributed by atoms with Gasteiger partial charge in [0.1, 0.15) is 0 Å². The highest BCUT2D eigenvalue weighted by molar-refractivity contribution is 5.12. The smallest absolute Gasteiger partial charge is 0.0673 e. The molecule has 2 atom stereocenters. The molecule has 0 saturated carbocycles. The molecule has 3 heteroatoms. The second-order valence-corrected chi connectivity index (χ2v) is 4.49. The molecule has 2 N–H and O–H groups in total. The summed E-state index contributed by atoms with van der Waals surface area (Å²) >= 11 is 0. The second-order valence-electron chi connectivity index (χ2n) is 4.49. The Morgan fingerprint density at radius 1 is 1.44 bits per heavy atom. The zero-order valence-corrected chi connectivity index (χ0v) is 9.97. The lowest BCUT2D eigenvalue weighted by molar-refractivity contribution is 0.191. The molecule has 1 aliphatic rings. The van der Waals surface area contributed by atoms with E-state index in [1.807, 2.05) is 18.3 Å². The van der Waals surface area contributed by atoms with Crippen LogP contribution in [0.3, 0.4) is 0 Å². The number of hydrogen-bond donors (Lipinski definition) is 1. The summed E-state index contributed by atoms with van der Waals surface area (Å²) in [7, 11) is 0. The minimum absolute atomic E-state index is 0.220. The molecule has 0 aromatic carbocycles. The van der Waals surface area contributed by atoms with Gasteiger partial charge in [-0.2, -0.15) is 0 Å². The highest BCUT2D eigenvalue weighted by Gasteiger charge is 2.28. The van der Waals surface area contributed by atoms with Crippen LogP contribution < -0.4 is 5.73 Å². The van der Waals surface area contributed by atoms with Gasteiger partial charge in [0.25, 0.3) is 0 Å². The predicted molar refractivity (Wildman–Crippen MR) is 66.1 cm³/mol. The van der Waals surface area contributed by atoms with Gasteiger partial charge in [-0.15, -0.1) is 0 Å². The van der Waals surface area contributed by atoms with E-state index in [1.54, 1.807) is 0 Å². The minimum atomic E-state index is 0.220. The highest BCUT2D eigenvalue weighted by atomic mass is 15.2. The Balaban J connectivity index is 2.25. The molecule has 1 aliphatic heterocycles. The van der Waals surface area contributed by atoms with Crippen LogP contribution in [0.5, 0.6) is 0 Å². The van der Waals surface area contributed by atoms with Crippen molar-refractivity contribution in [2.75, 3.05) is 13.1 Å².